The van der Waals surface area contributed by atoms with Crippen LogP contribution in [0.2, 0.25) is 0 Å². The molecule has 2 heterocycles. The lowest BCUT2D eigenvalue weighted by Gasteiger charge is -2.18. The van der Waals surface area contributed by atoms with E-state index in [4.69, 9.17) is 4.42 Å². The molecule has 2 aromatic carbocycles. The molecule has 136 valence electrons. The van der Waals surface area contributed by atoms with Gasteiger partial charge in [-0.2, -0.15) is 4.37 Å². The second kappa shape index (κ2) is 6.86. The highest BCUT2D eigenvalue weighted by atomic mass is 32.2. The van der Waals surface area contributed by atoms with Crippen molar-refractivity contribution in [3.63, 3.8) is 0 Å². The van der Waals surface area contributed by atoms with Crippen LogP contribution in [0.25, 0.3) is 11.1 Å². The van der Waals surface area contributed by atoms with Crippen molar-refractivity contribution in [2.45, 2.75) is 23.8 Å². The fourth-order valence-corrected chi connectivity index (χ4v) is 4.48. The van der Waals surface area contributed by atoms with Gasteiger partial charge in [-0.3, -0.25) is 4.57 Å². The van der Waals surface area contributed by atoms with Crippen LogP contribution in [0.3, 0.4) is 0 Å². The minimum absolute atomic E-state index is 0.0259. The molecule has 1 aliphatic rings. The summed E-state index contributed by atoms with van der Waals surface area (Å²) in [6.07, 6.45) is 3.79. The lowest BCUT2D eigenvalue weighted by Crippen LogP contribution is -2.23. The lowest BCUT2D eigenvalue weighted by atomic mass is 10.0. The maximum Gasteiger partial charge on any atom is 0.420 e. The number of oxazole rings is 1. The molecular formula is C19H16N4O2S2. The molecule has 1 saturated carbocycles. The van der Waals surface area contributed by atoms with Gasteiger partial charge in [-0.25, -0.2) is 9.78 Å². The number of nitrogens with one attached hydrogen (secondary N) is 1. The van der Waals surface area contributed by atoms with E-state index in [0.29, 0.717) is 11.5 Å². The first kappa shape index (κ1) is 16.6. The van der Waals surface area contributed by atoms with Crippen LogP contribution in [-0.4, -0.2) is 13.9 Å². The summed E-state index contributed by atoms with van der Waals surface area (Å²) in [4.78, 5) is 17.7. The van der Waals surface area contributed by atoms with Crippen molar-refractivity contribution in [1.29, 1.82) is 0 Å². The Morgan fingerprint density at radius 2 is 2.07 bits per heavy atom. The third kappa shape index (κ3) is 3.26. The Morgan fingerprint density at radius 3 is 2.81 bits per heavy atom. The van der Waals surface area contributed by atoms with Gasteiger partial charge >= 0.3 is 5.76 Å². The van der Waals surface area contributed by atoms with Crippen molar-refractivity contribution in [2.24, 2.45) is 5.92 Å². The summed E-state index contributed by atoms with van der Waals surface area (Å²) in [5, 5.41) is 0.733. The Hall–Kier alpha value is -2.58. The van der Waals surface area contributed by atoms with E-state index in [9.17, 15) is 4.79 Å². The summed E-state index contributed by atoms with van der Waals surface area (Å²) in [5.41, 5.74) is 2.59. The molecule has 1 N–H and O–H groups in total. The van der Waals surface area contributed by atoms with Crippen molar-refractivity contribution in [3.05, 3.63) is 71.0 Å². The first-order chi connectivity index (χ1) is 13.3. The third-order valence-corrected chi connectivity index (χ3v) is 6.18. The summed E-state index contributed by atoms with van der Waals surface area (Å²) in [7, 11) is 0. The van der Waals surface area contributed by atoms with Crippen LogP contribution in [0.4, 0.5) is 5.13 Å². The molecule has 0 saturated heterocycles. The summed E-state index contributed by atoms with van der Waals surface area (Å²) in [5.74, 6) is 0.184. The van der Waals surface area contributed by atoms with Crippen molar-refractivity contribution in [2.75, 3.05) is 4.72 Å². The zero-order valence-electron chi connectivity index (χ0n) is 14.2. The average Bonchev–Trinajstić information content (AvgIpc) is 3.28. The predicted molar refractivity (Wildman–Crippen MR) is 107 cm³/mol. The van der Waals surface area contributed by atoms with Gasteiger partial charge in [-0.15, -0.1) is 0 Å². The molecule has 8 heteroatoms. The van der Waals surface area contributed by atoms with Gasteiger partial charge in [-0.1, -0.05) is 30.3 Å². The normalized spacial score (nSPS) is 15.1. The molecule has 0 spiro atoms. The van der Waals surface area contributed by atoms with Gasteiger partial charge < -0.3 is 9.14 Å². The molecule has 1 aliphatic carbocycles. The van der Waals surface area contributed by atoms with Crippen LogP contribution in [0.15, 0.2) is 69.0 Å². The van der Waals surface area contributed by atoms with Crippen molar-refractivity contribution >= 4 is 39.7 Å². The first-order valence-electron chi connectivity index (χ1n) is 8.69. The van der Waals surface area contributed by atoms with Gasteiger partial charge in [0.1, 0.15) is 6.33 Å². The molecular weight excluding hydrogens is 380 g/mol. The van der Waals surface area contributed by atoms with E-state index >= 15 is 0 Å². The molecule has 4 aromatic rings. The Balaban J connectivity index is 1.51. The second-order valence-electron chi connectivity index (χ2n) is 6.51. The van der Waals surface area contributed by atoms with Gasteiger partial charge in [0, 0.05) is 16.4 Å². The standard InChI is InChI=1S/C19H16N4O2S2/c24-19-23(17(13-6-7-13)12-4-2-1-3-5-12)15-9-8-14(10-16(15)25-19)26-22-18-20-11-21-27-18/h1-5,8-11,13,17H,6-7H2,(H,20,21,22). The monoisotopic (exact) mass is 396 g/mol. The minimum Gasteiger partial charge on any atom is -0.408 e. The lowest BCUT2D eigenvalue weighted by molar-refractivity contribution is 0.448. The number of hydrogen-bond acceptors (Lipinski definition) is 7. The number of aromatic nitrogens is 3. The van der Waals surface area contributed by atoms with Crippen LogP contribution < -0.4 is 10.5 Å². The van der Waals surface area contributed by atoms with E-state index in [1.807, 2.05) is 41.0 Å². The molecule has 5 rings (SSSR count). The van der Waals surface area contributed by atoms with E-state index in [2.05, 4.69) is 26.2 Å². The quantitative estimate of drug-likeness (QED) is 0.482. The highest BCUT2D eigenvalue weighted by Gasteiger charge is 2.36. The van der Waals surface area contributed by atoms with Crippen LogP contribution in [0, 0.1) is 5.92 Å². The molecule has 0 bridgehead atoms. The highest BCUT2D eigenvalue weighted by molar-refractivity contribution is 8.00. The molecule has 0 amide bonds. The molecule has 27 heavy (non-hydrogen) atoms. The third-order valence-electron chi connectivity index (χ3n) is 4.69. The van der Waals surface area contributed by atoms with Crippen LogP contribution in [0.1, 0.15) is 24.4 Å². The average molecular weight is 396 g/mol. The molecule has 6 nitrogen and oxygen atoms in total. The summed E-state index contributed by atoms with van der Waals surface area (Å²) >= 11 is 2.71. The van der Waals surface area contributed by atoms with E-state index in [-0.39, 0.29) is 11.8 Å². The van der Waals surface area contributed by atoms with Crippen molar-refractivity contribution in [1.82, 2.24) is 13.9 Å². The molecule has 1 unspecified atom stereocenters. The first-order valence-corrected chi connectivity index (χ1v) is 10.3. The van der Waals surface area contributed by atoms with E-state index in [0.717, 1.165) is 33.9 Å². The number of rotatable bonds is 6. The van der Waals surface area contributed by atoms with Crippen molar-refractivity contribution < 1.29 is 4.42 Å². The van der Waals surface area contributed by atoms with E-state index in [1.54, 1.807) is 0 Å². The number of nitrogens with zero attached hydrogens (tertiary/aromatic N) is 3. The summed E-state index contributed by atoms with van der Waals surface area (Å²) in [6.45, 7) is 0. The number of fused-ring (bicyclic) bond motifs is 1. The fraction of sp³-hybridized carbons (Fsp3) is 0.211. The van der Waals surface area contributed by atoms with E-state index in [1.165, 1.54) is 29.8 Å². The fourth-order valence-electron chi connectivity index (χ4n) is 3.36. The van der Waals surface area contributed by atoms with Gasteiger partial charge in [0.25, 0.3) is 0 Å². The molecule has 1 fully saturated rings. The molecule has 2 aromatic heterocycles. The molecule has 1 atom stereocenters. The maximum absolute atomic E-state index is 12.7. The number of anilines is 1. The smallest absolute Gasteiger partial charge is 0.408 e. The zero-order chi connectivity index (χ0) is 18.2. The molecule has 0 aliphatic heterocycles. The van der Waals surface area contributed by atoms with Gasteiger partial charge in [0.15, 0.2) is 5.58 Å². The Bertz CT molecular complexity index is 1120. The van der Waals surface area contributed by atoms with E-state index < -0.39 is 0 Å². The highest BCUT2D eigenvalue weighted by Crippen LogP contribution is 2.44. The van der Waals surface area contributed by atoms with Gasteiger partial charge in [-0.05, 0) is 54.5 Å². The van der Waals surface area contributed by atoms with Gasteiger partial charge in [0.05, 0.1) is 11.6 Å². The second-order valence-corrected chi connectivity index (χ2v) is 8.17. The predicted octanol–water partition coefficient (Wildman–Crippen LogP) is 4.56. The van der Waals surface area contributed by atoms with Crippen molar-refractivity contribution in [3.8, 4) is 0 Å². The minimum atomic E-state index is -0.301. The SMILES string of the molecule is O=c1oc2cc(SNc3ncns3)ccc2n1C(c1ccccc1)C1CC1. The van der Waals surface area contributed by atoms with Gasteiger partial charge in [0.2, 0.25) is 5.13 Å². The van der Waals surface area contributed by atoms with Crippen LogP contribution in [-0.2, 0) is 0 Å². The topological polar surface area (TPSA) is 73.0 Å². The number of hydrogen-bond donors (Lipinski definition) is 1. The summed E-state index contributed by atoms with van der Waals surface area (Å²) in [6, 6.07) is 16.1. The maximum atomic E-state index is 12.7. The molecule has 0 radical (unpaired) electrons. The Labute approximate surface area is 163 Å². The number of benzene rings is 2. The Morgan fingerprint density at radius 1 is 1.22 bits per heavy atom. The van der Waals surface area contributed by atoms with Crippen LogP contribution in [0.5, 0.6) is 0 Å². The Kier molecular flexibility index (Phi) is 4.21. The van der Waals surface area contributed by atoms with Crippen LogP contribution >= 0.6 is 23.5 Å². The summed E-state index contributed by atoms with van der Waals surface area (Å²) < 4.78 is 14.5. The zero-order valence-corrected chi connectivity index (χ0v) is 15.9. The largest absolute Gasteiger partial charge is 0.420 e.